The van der Waals surface area contributed by atoms with Crippen LogP contribution in [-0.2, 0) is 20.9 Å². The molecule has 1 aliphatic heterocycles. The third kappa shape index (κ3) is 5.68. The van der Waals surface area contributed by atoms with Gasteiger partial charge in [0.25, 0.3) is 0 Å². The van der Waals surface area contributed by atoms with Crippen LogP contribution in [0.4, 0.5) is 0 Å². The van der Waals surface area contributed by atoms with Crippen LogP contribution in [0.25, 0.3) is 0 Å². The van der Waals surface area contributed by atoms with Crippen molar-refractivity contribution in [2.24, 2.45) is 0 Å². The van der Waals surface area contributed by atoms with Crippen LogP contribution in [0, 0.1) is 0 Å². The van der Waals surface area contributed by atoms with Gasteiger partial charge in [-0.15, -0.1) is 0 Å². The van der Waals surface area contributed by atoms with Crippen LogP contribution in [0.2, 0.25) is 0 Å². The highest BCUT2D eigenvalue weighted by atomic mass is 16.5. The van der Waals surface area contributed by atoms with Crippen molar-refractivity contribution in [3.63, 3.8) is 0 Å². The summed E-state index contributed by atoms with van der Waals surface area (Å²) in [5, 5.41) is 3.44. The van der Waals surface area contributed by atoms with Gasteiger partial charge in [0.1, 0.15) is 12.4 Å². The van der Waals surface area contributed by atoms with Gasteiger partial charge in [-0.2, -0.15) is 0 Å². The lowest BCUT2D eigenvalue weighted by atomic mass is 9.71. The van der Waals surface area contributed by atoms with Gasteiger partial charge in [-0.1, -0.05) is 85.8 Å². The molecule has 3 aromatic rings. The Labute approximate surface area is 230 Å². The van der Waals surface area contributed by atoms with Crippen molar-refractivity contribution in [1.29, 1.82) is 0 Å². The number of dihydropyridines is 1. The molecule has 0 amide bonds. The van der Waals surface area contributed by atoms with E-state index in [4.69, 9.17) is 9.47 Å². The first-order valence-electron chi connectivity index (χ1n) is 13.7. The molecular weight excluding hydrogens is 486 g/mol. The summed E-state index contributed by atoms with van der Waals surface area (Å²) in [5.74, 6) is -0.200. The van der Waals surface area contributed by atoms with Crippen LogP contribution >= 0.6 is 0 Å². The van der Waals surface area contributed by atoms with Crippen molar-refractivity contribution >= 4 is 11.8 Å². The lowest BCUT2D eigenvalue weighted by molar-refractivity contribution is -0.144. The summed E-state index contributed by atoms with van der Waals surface area (Å²) in [7, 11) is 0. The number of nitrogens with one attached hydrogen (secondary N) is 1. The molecule has 3 aromatic carbocycles. The molecule has 0 aromatic heterocycles. The Morgan fingerprint density at radius 3 is 2.33 bits per heavy atom. The van der Waals surface area contributed by atoms with Crippen molar-refractivity contribution in [1.82, 2.24) is 5.32 Å². The van der Waals surface area contributed by atoms with Gasteiger partial charge >= 0.3 is 5.97 Å². The van der Waals surface area contributed by atoms with Crippen molar-refractivity contribution < 1.29 is 19.1 Å². The minimum Gasteiger partial charge on any atom is -0.489 e. The number of esters is 1. The van der Waals surface area contributed by atoms with Gasteiger partial charge in [0.15, 0.2) is 5.78 Å². The van der Waals surface area contributed by atoms with E-state index in [9.17, 15) is 9.59 Å². The smallest absolute Gasteiger partial charge is 0.337 e. The maximum atomic E-state index is 13.9. The third-order valence-electron chi connectivity index (χ3n) is 7.67. The predicted octanol–water partition coefficient (Wildman–Crippen LogP) is 6.97. The lowest BCUT2D eigenvalue weighted by Gasteiger charge is -2.37. The van der Waals surface area contributed by atoms with Gasteiger partial charge in [-0.3, -0.25) is 4.79 Å². The number of allylic oxidation sites excluding steroid dienone is 3. The zero-order chi connectivity index (χ0) is 27.4. The van der Waals surface area contributed by atoms with Crippen molar-refractivity contribution in [2.45, 2.75) is 64.6 Å². The van der Waals surface area contributed by atoms with Gasteiger partial charge in [0.05, 0.1) is 17.6 Å². The van der Waals surface area contributed by atoms with Crippen molar-refractivity contribution in [3.8, 4) is 5.75 Å². The maximum absolute atomic E-state index is 13.9. The molecular formula is C34H35NO4. The minimum absolute atomic E-state index is 0.0433. The van der Waals surface area contributed by atoms with E-state index < -0.39 is 11.9 Å². The number of benzene rings is 3. The summed E-state index contributed by atoms with van der Waals surface area (Å²) in [4.78, 5) is 27.6. The second kappa shape index (κ2) is 11.7. The second-order valence-electron chi connectivity index (χ2n) is 10.4. The minimum atomic E-state index is -0.575. The van der Waals surface area contributed by atoms with Gasteiger partial charge < -0.3 is 14.8 Å². The van der Waals surface area contributed by atoms with Crippen LogP contribution in [-0.4, -0.2) is 17.9 Å². The Kier molecular flexibility index (Phi) is 7.97. The number of para-hydroxylation sites is 1. The summed E-state index contributed by atoms with van der Waals surface area (Å²) in [6, 6.07) is 27.8. The van der Waals surface area contributed by atoms with Crippen LogP contribution in [0.3, 0.4) is 0 Å². The van der Waals surface area contributed by atoms with Gasteiger partial charge in [-0.25, -0.2) is 4.79 Å². The Bertz CT molecular complexity index is 1410. The van der Waals surface area contributed by atoms with Crippen LogP contribution in [0.15, 0.2) is 107 Å². The average molecular weight is 522 g/mol. The number of hydrogen-bond donors (Lipinski definition) is 1. The van der Waals surface area contributed by atoms with E-state index in [1.807, 2.05) is 93.6 Å². The molecule has 1 heterocycles. The first-order valence-corrected chi connectivity index (χ1v) is 13.7. The Morgan fingerprint density at radius 2 is 1.62 bits per heavy atom. The highest BCUT2D eigenvalue weighted by Crippen LogP contribution is 2.47. The molecule has 0 spiro atoms. The van der Waals surface area contributed by atoms with Gasteiger partial charge in [0.2, 0.25) is 0 Å². The molecule has 0 saturated carbocycles. The molecule has 5 heteroatoms. The quantitative estimate of drug-likeness (QED) is 0.324. The first kappa shape index (κ1) is 26.5. The van der Waals surface area contributed by atoms with Crippen LogP contribution in [0.5, 0.6) is 5.75 Å². The number of rotatable bonds is 8. The molecule has 1 N–H and O–H groups in total. The zero-order valence-electron chi connectivity index (χ0n) is 22.8. The fourth-order valence-electron chi connectivity index (χ4n) is 5.50. The number of Topliss-reactive ketones (excluding diaryl/α,β-unsaturated/α-hetero) is 1. The molecule has 0 saturated heterocycles. The fourth-order valence-corrected chi connectivity index (χ4v) is 5.50. The molecule has 5 rings (SSSR count). The lowest BCUT2D eigenvalue weighted by Crippen LogP contribution is -2.36. The number of hydrogen-bond acceptors (Lipinski definition) is 5. The standard InChI is InChI=1S/C34H35NO4/c1-4-22(2)39-34(37)31-23(3)35-28-19-26(25-15-9-6-10-16-25)20-29(36)33(28)32(31)27-17-11-12-18-30(27)38-21-24-13-7-5-8-14-24/h5-18,22,26,32,35H,4,19-21H2,1-3H3/t22-,26-,32-/m0/s1. The number of carbonyl (C=O) groups excluding carboxylic acids is 2. The predicted molar refractivity (Wildman–Crippen MR) is 152 cm³/mol. The maximum Gasteiger partial charge on any atom is 0.337 e. The molecule has 3 atom stereocenters. The highest BCUT2D eigenvalue weighted by molar-refractivity contribution is 6.04. The van der Waals surface area contributed by atoms with E-state index in [0.717, 1.165) is 22.4 Å². The molecule has 0 unspecified atom stereocenters. The Morgan fingerprint density at radius 1 is 0.949 bits per heavy atom. The fraction of sp³-hybridized carbons (Fsp3) is 0.294. The monoisotopic (exact) mass is 521 g/mol. The molecule has 200 valence electrons. The van der Waals surface area contributed by atoms with Gasteiger partial charge in [0, 0.05) is 29.0 Å². The van der Waals surface area contributed by atoms with Gasteiger partial charge in [-0.05, 0) is 49.8 Å². The molecule has 2 aliphatic rings. The van der Waals surface area contributed by atoms with E-state index in [2.05, 4.69) is 17.4 Å². The molecule has 0 bridgehead atoms. The molecule has 39 heavy (non-hydrogen) atoms. The third-order valence-corrected chi connectivity index (χ3v) is 7.67. The van der Waals surface area contributed by atoms with E-state index in [-0.39, 0.29) is 17.8 Å². The van der Waals surface area contributed by atoms with Crippen LogP contribution in [0.1, 0.15) is 68.6 Å². The largest absolute Gasteiger partial charge is 0.489 e. The first-order chi connectivity index (χ1) is 19.0. The van der Waals surface area contributed by atoms with E-state index in [0.29, 0.717) is 48.5 Å². The SMILES string of the molecule is CC[C@H](C)OC(=O)C1=C(C)NC2=C(C(=O)C[C@@H](c3ccccc3)C2)[C@H]1c1ccccc1OCc1ccccc1. The van der Waals surface area contributed by atoms with E-state index in [1.54, 1.807) is 0 Å². The number of ketones is 1. The second-order valence-corrected chi connectivity index (χ2v) is 10.4. The summed E-state index contributed by atoms with van der Waals surface area (Å²) in [5.41, 5.74) is 5.68. The topological polar surface area (TPSA) is 64.6 Å². The summed E-state index contributed by atoms with van der Waals surface area (Å²) >= 11 is 0. The van der Waals surface area contributed by atoms with Crippen LogP contribution < -0.4 is 10.1 Å². The number of carbonyl (C=O) groups is 2. The summed E-state index contributed by atoms with van der Waals surface area (Å²) in [6.45, 7) is 6.15. The molecule has 0 radical (unpaired) electrons. The van der Waals surface area contributed by atoms with Crippen molar-refractivity contribution in [2.75, 3.05) is 0 Å². The molecule has 0 fully saturated rings. The Balaban J connectivity index is 1.57. The summed E-state index contributed by atoms with van der Waals surface area (Å²) < 4.78 is 12.1. The van der Waals surface area contributed by atoms with E-state index >= 15 is 0 Å². The van der Waals surface area contributed by atoms with E-state index in [1.165, 1.54) is 0 Å². The highest BCUT2D eigenvalue weighted by Gasteiger charge is 2.42. The number of ether oxygens (including phenoxy) is 2. The summed E-state index contributed by atoms with van der Waals surface area (Å²) in [6.07, 6.45) is 1.56. The molecule has 5 nitrogen and oxygen atoms in total. The zero-order valence-corrected chi connectivity index (χ0v) is 22.8. The normalized spacial score (nSPS) is 19.7. The molecule has 1 aliphatic carbocycles. The average Bonchev–Trinajstić information content (AvgIpc) is 2.96. The van der Waals surface area contributed by atoms with Crippen molar-refractivity contribution in [3.05, 3.63) is 124 Å². The Hall–Kier alpha value is -4.12.